The number of hydrogen-bond acceptors (Lipinski definition) is 2. The van der Waals surface area contributed by atoms with Crippen LogP contribution in [0.2, 0.25) is 0 Å². The number of amides is 2. The van der Waals surface area contributed by atoms with Crippen molar-refractivity contribution in [3.05, 3.63) is 48.0 Å². The van der Waals surface area contributed by atoms with Crippen LogP contribution in [0, 0.1) is 0 Å². The van der Waals surface area contributed by atoms with Crippen LogP contribution < -0.4 is 0 Å². The van der Waals surface area contributed by atoms with Crippen LogP contribution in [-0.2, 0) is 4.79 Å². The Balaban J connectivity index is 2.95. The highest BCUT2D eigenvalue weighted by Crippen LogP contribution is 2.07. The van der Waals surface area contributed by atoms with Gasteiger partial charge in [-0.15, -0.1) is 0 Å². The molecule has 0 unspecified atom stereocenters. The summed E-state index contributed by atoms with van der Waals surface area (Å²) in [5, 5.41) is 0. The monoisotopic (exact) mass is 217 g/mol. The smallest absolute Gasteiger partial charge is 0.260 e. The number of nitrogens with zero attached hydrogens (tertiary/aromatic N) is 1. The molecule has 1 rings (SSSR count). The number of rotatable bonds is 3. The molecule has 0 aliphatic heterocycles. The third-order valence-corrected chi connectivity index (χ3v) is 2.19. The Morgan fingerprint density at radius 1 is 1.25 bits per heavy atom. The Morgan fingerprint density at radius 3 is 2.25 bits per heavy atom. The summed E-state index contributed by atoms with van der Waals surface area (Å²) in [4.78, 5) is 24.9. The topological polar surface area (TPSA) is 37.4 Å². The van der Waals surface area contributed by atoms with Gasteiger partial charge in [-0.25, -0.2) is 0 Å². The highest BCUT2D eigenvalue weighted by Gasteiger charge is 2.20. The van der Waals surface area contributed by atoms with Gasteiger partial charge in [0.2, 0.25) is 0 Å². The van der Waals surface area contributed by atoms with Crippen LogP contribution in [0.1, 0.15) is 24.2 Å². The number of hydrogen-bond donors (Lipinski definition) is 0. The van der Waals surface area contributed by atoms with E-state index in [-0.39, 0.29) is 11.8 Å². The molecule has 1 aromatic rings. The first-order valence-electron chi connectivity index (χ1n) is 5.14. The lowest BCUT2D eigenvalue weighted by atomic mass is 10.2. The largest absolute Gasteiger partial charge is 0.275 e. The van der Waals surface area contributed by atoms with E-state index in [2.05, 4.69) is 6.58 Å². The minimum Gasteiger partial charge on any atom is -0.275 e. The van der Waals surface area contributed by atoms with E-state index < -0.39 is 0 Å². The van der Waals surface area contributed by atoms with Gasteiger partial charge in [0.05, 0.1) is 0 Å². The van der Waals surface area contributed by atoms with E-state index in [1.54, 1.807) is 38.1 Å². The molecule has 3 heteroatoms. The normalized spacial score (nSPS) is 9.62. The molecule has 0 aliphatic carbocycles. The molecule has 3 nitrogen and oxygen atoms in total. The molecule has 0 aromatic heterocycles. The third kappa shape index (κ3) is 2.57. The van der Waals surface area contributed by atoms with Crippen molar-refractivity contribution in [3.63, 3.8) is 0 Å². The summed E-state index contributed by atoms with van der Waals surface area (Å²) < 4.78 is 0. The van der Waals surface area contributed by atoms with E-state index in [4.69, 9.17) is 0 Å². The van der Waals surface area contributed by atoms with Crippen molar-refractivity contribution < 1.29 is 9.59 Å². The first kappa shape index (κ1) is 12.2. The Hall–Kier alpha value is -1.90. The van der Waals surface area contributed by atoms with Crippen molar-refractivity contribution in [3.8, 4) is 0 Å². The average molecular weight is 217 g/mol. The highest BCUT2D eigenvalue weighted by molar-refractivity contribution is 6.09. The second kappa shape index (κ2) is 5.26. The van der Waals surface area contributed by atoms with Gasteiger partial charge in [-0.05, 0) is 26.0 Å². The maximum absolute atomic E-state index is 12.0. The second-order valence-corrected chi connectivity index (χ2v) is 3.50. The summed E-state index contributed by atoms with van der Waals surface area (Å²) in [6, 6.07) is 8.75. The van der Waals surface area contributed by atoms with Gasteiger partial charge in [0.1, 0.15) is 0 Å². The summed E-state index contributed by atoms with van der Waals surface area (Å²) in [6.45, 7) is 7.27. The molecule has 0 radical (unpaired) electrons. The van der Waals surface area contributed by atoms with E-state index in [1.165, 1.54) is 4.90 Å². The molecule has 1 aromatic carbocycles. The van der Waals surface area contributed by atoms with Gasteiger partial charge in [-0.2, -0.15) is 0 Å². The first-order valence-corrected chi connectivity index (χ1v) is 5.14. The van der Waals surface area contributed by atoms with Crippen LogP contribution in [-0.4, -0.2) is 23.3 Å². The number of carbonyl (C=O) groups excluding carboxylic acids is 2. The summed E-state index contributed by atoms with van der Waals surface area (Å²) in [6.07, 6.45) is 0. The molecular formula is C13H15NO2. The van der Waals surface area contributed by atoms with Gasteiger partial charge < -0.3 is 0 Å². The van der Waals surface area contributed by atoms with Crippen LogP contribution in [0.25, 0.3) is 0 Å². The highest BCUT2D eigenvalue weighted by atomic mass is 16.2. The molecule has 0 spiro atoms. The maximum Gasteiger partial charge on any atom is 0.260 e. The fourth-order valence-corrected chi connectivity index (χ4v) is 1.35. The minimum absolute atomic E-state index is 0.281. The number of likely N-dealkylation sites (N-methyl/N-ethyl adjacent to an activating group) is 1. The second-order valence-electron chi connectivity index (χ2n) is 3.50. The van der Waals surface area contributed by atoms with E-state index in [1.807, 2.05) is 6.07 Å². The molecule has 0 N–H and O–H groups in total. The molecular weight excluding hydrogens is 202 g/mol. The zero-order chi connectivity index (χ0) is 12.1. The average Bonchev–Trinajstić information content (AvgIpc) is 2.30. The summed E-state index contributed by atoms with van der Waals surface area (Å²) >= 11 is 0. The van der Waals surface area contributed by atoms with E-state index >= 15 is 0 Å². The molecule has 0 saturated carbocycles. The predicted octanol–water partition coefficient (Wildman–Crippen LogP) is 2.25. The van der Waals surface area contributed by atoms with Crippen molar-refractivity contribution in [1.29, 1.82) is 0 Å². The van der Waals surface area contributed by atoms with Crippen molar-refractivity contribution >= 4 is 11.8 Å². The van der Waals surface area contributed by atoms with E-state index in [0.717, 1.165) is 0 Å². The molecule has 2 amide bonds. The standard InChI is InChI=1S/C13H15NO2/c1-4-14(12(15)10(2)3)13(16)11-8-6-5-7-9-11/h5-9H,2,4H2,1,3H3. The van der Waals surface area contributed by atoms with Crippen LogP contribution in [0.4, 0.5) is 0 Å². The summed E-state index contributed by atoms with van der Waals surface area (Å²) in [5.41, 5.74) is 0.880. The quantitative estimate of drug-likeness (QED) is 0.728. The minimum atomic E-state index is -0.323. The van der Waals surface area contributed by atoms with Crippen LogP contribution in [0.3, 0.4) is 0 Å². The van der Waals surface area contributed by atoms with Crippen molar-refractivity contribution in [2.24, 2.45) is 0 Å². The molecule has 0 aliphatic rings. The molecule has 0 fully saturated rings. The Labute approximate surface area is 95.4 Å². The van der Waals surface area contributed by atoms with Gasteiger partial charge in [0.15, 0.2) is 0 Å². The van der Waals surface area contributed by atoms with Gasteiger partial charge in [-0.3, -0.25) is 14.5 Å². The number of carbonyl (C=O) groups is 2. The Morgan fingerprint density at radius 2 is 1.81 bits per heavy atom. The van der Waals surface area contributed by atoms with E-state index in [9.17, 15) is 9.59 Å². The molecule has 84 valence electrons. The Kier molecular flexibility index (Phi) is 4.00. The first-order chi connectivity index (χ1) is 7.57. The fraction of sp³-hybridized carbons (Fsp3) is 0.231. The zero-order valence-electron chi connectivity index (χ0n) is 9.56. The maximum atomic E-state index is 12.0. The number of benzene rings is 1. The molecule has 0 bridgehead atoms. The van der Waals surface area contributed by atoms with Crippen molar-refractivity contribution in [2.75, 3.05) is 6.54 Å². The van der Waals surface area contributed by atoms with Gasteiger partial charge in [0.25, 0.3) is 11.8 Å². The van der Waals surface area contributed by atoms with Crippen LogP contribution in [0.15, 0.2) is 42.5 Å². The van der Waals surface area contributed by atoms with Crippen molar-refractivity contribution in [1.82, 2.24) is 4.90 Å². The van der Waals surface area contributed by atoms with Crippen LogP contribution in [0.5, 0.6) is 0 Å². The molecule has 16 heavy (non-hydrogen) atoms. The third-order valence-electron chi connectivity index (χ3n) is 2.19. The van der Waals surface area contributed by atoms with E-state index in [0.29, 0.717) is 17.7 Å². The SMILES string of the molecule is C=C(C)C(=O)N(CC)C(=O)c1ccccc1. The lowest BCUT2D eigenvalue weighted by molar-refractivity contribution is -0.124. The Bertz CT molecular complexity index is 409. The summed E-state index contributed by atoms with van der Waals surface area (Å²) in [5.74, 6) is -0.604. The molecule has 0 heterocycles. The van der Waals surface area contributed by atoms with Crippen LogP contribution >= 0.6 is 0 Å². The number of imide groups is 1. The lowest BCUT2D eigenvalue weighted by Gasteiger charge is -2.18. The van der Waals surface area contributed by atoms with Crippen molar-refractivity contribution in [2.45, 2.75) is 13.8 Å². The van der Waals surface area contributed by atoms with Gasteiger partial charge >= 0.3 is 0 Å². The van der Waals surface area contributed by atoms with Gasteiger partial charge in [-0.1, -0.05) is 24.8 Å². The predicted molar refractivity (Wildman–Crippen MR) is 63.0 cm³/mol. The molecule has 0 atom stereocenters. The molecule has 0 saturated heterocycles. The summed E-state index contributed by atoms with van der Waals surface area (Å²) in [7, 11) is 0. The lowest BCUT2D eigenvalue weighted by Crippen LogP contribution is -2.37. The fourth-order valence-electron chi connectivity index (χ4n) is 1.35. The van der Waals surface area contributed by atoms with Gasteiger partial charge in [0, 0.05) is 17.7 Å². The zero-order valence-corrected chi connectivity index (χ0v) is 9.56.